The second-order valence-electron chi connectivity index (χ2n) is 5.55. The molecule has 1 aromatic carbocycles. The van der Waals surface area contributed by atoms with E-state index in [0.29, 0.717) is 12.0 Å². The fraction of sp³-hybridized carbons (Fsp3) is 0.474. The maximum Gasteiger partial charge on any atom is 0.332 e. The summed E-state index contributed by atoms with van der Waals surface area (Å²) >= 11 is 0. The van der Waals surface area contributed by atoms with Crippen molar-refractivity contribution in [3.05, 3.63) is 41.0 Å². The van der Waals surface area contributed by atoms with Gasteiger partial charge in [0, 0.05) is 0 Å². The molecule has 0 spiro atoms. The van der Waals surface area contributed by atoms with E-state index < -0.39 is 17.4 Å². The number of carbonyl (C=O) groups is 2. The lowest BCUT2D eigenvalue weighted by Gasteiger charge is -2.29. The minimum absolute atomic E-state index is 0.225. The summed E-state index contributed by atoms with van der Waals surface area (Å²) in [6, 6.07) is 7.47. The molecule has 0 saturated carbocycles. The van der Waals surface area contributed by atoms with Crippen LogP contribution in [-0.2, 0) is 24.5 Å². The molecule has 4 nitrogen and oxygen atoms in total. The molecule has 124 valence electrons. The Bertz CT molecular complexity index is 598. The Labute approximate surface area is 137 Å². The average Bonchev–Trinajstić information content (AvgIpc) is 2.88. The molecule has 4 heteroatoms. The molecule has 1 aliphatic rings. The van der Waals surface area contributed by atoms with Crippen molar-refractivity contribution in [3.8, 4) is 0 Å². The molecule has 0 radical (unpaired) electrons. The van der Waals surface area contributed by atoms with E-state index in [9.17, 15) is 9.59 Å². The Morgan fingerprint density at radius 1 is 1.00 bits per heavy atom. The van der Waals surface area contributed by atoms with Crippen molar-refractivity contribution in [1.82, 2.24) is 0 Å². The van der Waals surface area contributed by atoms with Gasteiger partial charge < -0.3 is 9.47 Å². The molecule has 0 N–H and O–H groups in total. The Kier molecular flexibility index (Phi) is 5.59. The van der Waals surface area contributed by atoms with Crippen LogP contribution in [0.3, 0.4) is 0 Å². The number of unbranched alkanes of at least 4 members (excludes halogenated alkanes) is 1. The number of hydrogen-bond acceptors (Lipinski definition) is 4. The lowest BCUT2D eigenvalue weighted by molar-refractivity contribution is -0.162. The number of fused-ring (bicyclic) bond motifs is 1. The fourth-order valence-corrected chi connectivity index (χ4v) is 3.10. The first-order valence-corrected chi connectivity index (χ1v) is 8.27. The first-order valence-electron chi connectivity index (χ1n) is 8.27. The summed E-state index contributed by atoms with van der Waals surface area (Å²) < 4.78 is 10.6. The second-order valence-corrected chi connectivity index (χ2v) is 5.55. The van der Waals surface area contributed by atoms with Gasteiger partial charge >= 0.3 is 11.9 Å². The first kappa shape index (κ1) is 17.3. The van der Waals surface area contributed by atoms with Crippen LogP contribution in [0.2, 0.25) is 0 Å². The highest BCUT2D eigenvalue weighted by molar-refractivity contribution is 6.13. The van der Waals surface area contributed by atoms with Gasteiger partial charge in [0.25, 0.3) is 0 Å². The molecule has 0 bridgehead atoms. The van der Waals surface area contributed by atoms with Crippen LogP contribution in [0.5, 0.6) is 0 Å². The predicted octanol–water partition coefficient (Wildman–Crippen LogP) is 3.64. The zero-order valence-electron chi connectivity index (χ0n) is 14.1. The lowest BCUT2D eigenvalue weighted by atomic mass is 9.75. The van der Waals surface area contributed by atoms with Crippen molar-refractivity contribution < 1.29 is 19.1 Å². The monoisotopic (exact) mass is 316 g/mol. The Balaban J connectivity index is 2.60. The fourth-order valence-electron chi connectivity index (χ4n) is 3.10. The largest absolute Gasteiger partial charge is 0.465 e. The summed E-state index contributed by atoms with van der Waals surface area (Å²) in [6.07, 6.45) is 4.50. The summed E-state index contributed by atoms with van der Waals surface area (Å²) in [6.45, 7) is 6.02. The average molecular weight is 316 g/mol. The predicted molar refractivity (Wildman–Crippen MR) is 88.9 cm³/mol. The molecule has 0 unspecified atom stereocenters. The summed E-state index contributed by atoms with van der Waals surface area (Å²) in [5.41, 5.74) is 0.887. The first-order chi connectivity index (χ1) is 11.1. The van der Waals surface area contributed by atoms with Gasteiger partial charge in [0.15, 0.2) is 0 Å². The zero-order chi connectivity index (χ0) is 16.9. The van der Waals surface area contributed by atoms with Crippen LogP contribution in [0.15, 0.2) is 29.8 Å². The van der Waals surface area contributed by atoms with Crippen LogP contribution in [0.25, 0.3) is 6.08 Å². The van der Waals surface area contributed by atoms with Gasteiger partial charge in [0.1, 0.15) is 0 Å². The van der Waals surface area contributed by atoms with Gasteiger partial charge in [0.2, 0.25) is 5.41 Å². The van der Waals surface area contributed by atoms with Gasteiger partial charge in [-0.25, -0.2) is 0 Å². The van der Waals surface area contributed by atoms with Gasteiger partial charge in [-0.05, 0) is 43.4 Å². The van der Waals surface area contributed by atoms with Gasteiger partial charge in [-0.2, -0.15) is 0 Å². The van der Waals surface area contributed by atoms with Crippen LogP contribution in [0.1, 0.15) is 51.2 Å². The molecule has 0 atom stereocenters. The molecular weight excluding hydrogens is 292 g/mol. The van der Waals surface area contributed by atoms with Gasteiger partial charge in [-0.1, -0.05) is 43.7 Å². The SMILES string of the molecule is CCCCC1=Cc2ccccc2C1(C(=O)OCC)C(=O)OCC. The highest BCUT2D eigenvalue weighted by Gasteiger charge is 2.56. The molecule has 0 amide bonds. The number of ether oxygens (including phenoxy) is 2. The highest BCUT2D eigenvalue weighted by atomic mass is 16.6. The number of carbonyl (C=O) groups excluding carboxylic acids is 2. The number of benzene rings is 1. The van der Waals surface area contributed by atoms with Crippen molar-refractivity contribution in [1.29, 1.82) is 0 Å². The summed E-state index contributed by atoms with van der Waals surface area (Å²) in [5, 5.41) is 0. The van der Waals surface area contributed by atoms with Crippen LogP contribution >= 0.6 is 0 Å². The Hall–Kier alpha value is -2.10. The van der Waals surface area contributed by atoms with Crippen molar-refractivity contribution >= 4 is 18.0 Å². The third-order valence-corrected chi connectivity index (χ3v) is 4.14. The third-order valence-electron chi connectivity index (χ3n) is 4.14. The van der Waals surface area contributed by atoms with Crippen LogP contribution in [0.4, 0.5) is 0 Å². The summed E-state index contributed by atoms with van der Waals surface area (Å²) in [4.78, 5) is 25.7. The number of esters is 2. The van der Waals surface area contributed by atoms with E-state index in [1.165, 1.54) is 0 Å². The minimum Gasteiger partial charge on any atom is -0.465 e. The van der Waals surface area contributed by atoms with E-state index in [1.807, 2.05) is 30.3 Å². The topological polar surface area (TPSA) is 52.6 Å². The second kappa shape index (κ2) is 7.44. The lowest BCUT2D eigenvalue weighted by Crippen LogP contribution is -2.46. The Morgan fingerprint density at radius 2 is 1.61 bits per heavy atom. The normalized spacial score (nSPS) is 14.8. The van der Waals surface area contributed by atoms with Crippen LogP contribution in [0, 0.1) is 0 Å². The van der Waals surface area contributed by atoms with E-state index in [-0.39, 0.29) is 13.2 Å². The van der Waals surface area contributed by atoms with Crippen molar-refractivity contribution in [3.63, 3.8) is 0 Å². The third kappa shape index (κ3) is 2.90. The van der Waals surface area contributed by atoms with E-state index in [4.69, 9.17) is 9.47 Å². The molecule has 2 rings (SSSR count). The summed E-state index contributed by atoms with van der Waals surface area (Å²) in [7, 11) is 0. The molecule has 1 aromatic rings. The van der Waals surface area contributed by atoms with Crippen LogP contribution < -0.4 is 0 Å². The minimum atomic E-state index is -1.45. The van der Waals surface area contributed by atoms with E-state index >= 15 is 0 Å². The molecule has 23 heavy (non-hydrogen) atoms. The van der Waals surface area contributed by atoms with Crippen molar-refractivity contribution in [2.24, 2.45) is 0 Å². The van der Waals surface area contributed by atoms with Gasteiger partial charge in [-0.15, -0.1) is 0 Å². The van der Waals surface area contributed by atoms with Crippen molar-refractivity contribution in [2.45, 2.75) is 45.4 Å². The molecule has 0 aromatic heterocycles. The molecule has 0 saturated heterocycles. The number of hydrogen-bond donors (Lipinski definition) is 0. The quantitative estimate of drug-likeness (QED) is 0.569. The highest BCUT2D eigenvalue weighted by Crippen LogP contribution is 2.46. The van der Waals surface area contributed by atoms with E-state index in [1.54, 1.807) is 13.8 Å². The molecule has 0 heterocycles. The van der Waals surface area contributed by atoms with Crippen LogP contribution in [-0.4, -0.2) is 25.2 Å². The molecular formula is C19H24O4. The Morgan fingerprint density at radius 3 is 2.17 bits per heavy atom. The van der Waals surface area contributed by atoms with Gasteiger partial charge in [0.05, 0.1) is 13.2 Å². The summed E-state index contributed by atoms with van der Waals surface area (Å²) in [5.74, 6) is -1.07. The maximum atomic E-state index is 12.9. The molecule has 0 fully saturated rings. The standard InChI is InChI=1S/C19H24O4/c1-4-7-11-15-13-14-10-8-9-12-16(14)19(15,17(20)22-5-2)18(21)23-6-3/h8-10,12-13H,4-7,11H2,1-3H3. The van der Waals surface area contributed by atoms with Crippen molar-refractivity contribution in [2.75, 3.05) is 13.2 Å². The number of rotatable bonds is 7. The smallest absolute Gasteiger partial charge is 0.332 e. The van der Waals surface area contributed by atoms with Gasteiger partial charge in [-0.3, -0.25) is 9.59 Å². The van der Waals surface area contributed by atoms with E-state index in [2.05, 4.69) is 6.92 Å². The molecule has 1 aliphatic carbocycles. The zero-order valence-corrected chi connectivity index (χ0v) is 14.1. The van der Waals surface area contributed by atoms with E-state index in [0.717, 1.165) is 24.0 Å². The molecule has 0 aliphatic heterocycles. The maximum absolute atomic E-state index is 12.9.